The highest BCUT2D eigenvalue weighted by Crippen LogP contribution is 2.20. The molecule has 1 amide bonds. The highest BCUT2D eigenvalue weighted by Gasteiger charge is 2.22. The Balaban J connectivity index is 2.69. The molecule has 0 heterocycles. The Labute approximate surface area is 119 Å². The van der Waals surface area contributed by atoms with Gasteiger partial charge in [-0.15, -0.1) is 0 Å². The predicted octanol–water partition coefficient (Wildman–Crippen LogP) is 3.08. The number of amides is 1. The van der Waals surface area contributed by atoms with Gasteiger partial charge in [0.15, 0.2) is 0 Å². The summed E-state index contributed by atoms with van der Waals surface area (Å²) >= 11 is 0. The molecule has 0 bridgehead atoms. The van der Waals surface area contributed by atoms with Gasteiger partial charge in [-0.2, -0.15) is 0 Å². The number of benzene rings is 1. The molecule has 5 heteroatoms. The first kappa shape index (κ1) is 16.4. The normalized spacial score (nSPS) is 14.6. The van der Waals surface area contributed by atoms with E-state index in [1.807, 2.05) is 0 Å². The molecule has 1 rings (SSSR count). The fourth-order valence-electron chi connectivity index (χ4n) is 1.65. The zero-order valence-electron chi connectivity index (χ0n) is 12.5. The summed E-state index contributed by atoms with van der Waals surface area (Å²) in [6.07, 6.45) is -1.62. The molecule has 2 N–H and O–H groups in total. The molecule has 1 aromatic carbocycles. The number of hydrogen-bond donors (Lipinski definition) is 2. The number of ether oxygens (including phenoxy) is 1. The Hall–Kier alpha value is -1.62. The quantitative estimate of drug-likeness (QED) is 0.896. The molecule has 20 heavy (non-hydrogen) atoms. The lowest BCUT2D eigenvalue weighted by Crippen LogP contribution is -2.40. The molecule has 0 aliphatic carbocycles. The summed E-state index contributed by atoms with van der Waals surface area (Å²) in [5, 5.41) is 12.6. The average molecular weight is 283 g/mol. The van der Waals surface area contributed by atoms with E-state index in [-0.39, 0.29) is 5.82 Å². The van der Waals surface area contributed by atoms with Crippen LogP contribution in [-0.4, -0.2) is 22.8 Å². The van der Waals surface area contributed by atoms with E-state index in [0.29, 0.717) is 11.1 Å². The molecular formula is C15H22FNO3. The summed E-state index contributed by atoms with van der Waals surface area (Å²) in [5.41, 5.74) is 0.315. The number of hydrogen-bond acceptors (Lipinski definition) is 3. The Morgan fingerprint density at radius 2 is 2.00 bits per heavy atom. The van der Waals surface area contributed by atoms with Gasteiger partial charge in [0.25, 0.3) is 0 Å². The topological polar surface area (TPSA) is 58.6 Å². The lowest BCUT2D eigenvalue weighted by molar-refractivity contribution is 0.0435. The molecule has 0 aliphatic heterocycles. The van der Waals surface area contributed by atoms with Crippen molar-refractivity contribution in [3.05, 3.63) is 35.1 Å². The average Bonchev–Trinajstić information content (AvgIpc) is 2.29. The maximum absolute atomic E-state index is 13.5. The number of aliphatic hydroxyl groups excluding tert-OH is 1. The summed E-state index contributed by atoms with van der Waals surface area (Å²) in [5.74, 6) is -0.383. The Morgan fingerprint density at radius 1 is 1.40 bits per heavy atom. The lowest BCUT2D eigenvalue weighted by atomic mass is 10.0. The highest BCUT2D eigenvalue weighted by molar-refractivity contribution is 5.68. The van der Waals surface area contributed by atoms with Gasteiger partial charge in [0.05, 0.1) is 12.1 Å². The molecule has 2 unspecified atom stereocenters. The van der Waals surface area contributed by atoms with Crippen molar-refractivity contribution in [2.24, 2.45) is 0 Å². The predicted molar refractivity (Wildman–Crippen MR) is 74.9 cm³/mol. The molecule has 1 aromatic rings. The first-order valence-corrected chi connectivity index (χ1v) is 6.54. The number of alkyl carbamates (subject to hydrolysis) is 1. The maximum atomic E-state index is 13.5. The number of carbonyl (C=O) groups is 1. The van der Waals surface area contributed by atoms with Crippen molar-refractivity contribution < 1.29 is 19.0 Å². The minimum atomic E-state index is -1.00. The molecule has 112 valence electrons. The van der Waals surface area contributed by atoms with Crippen LogP contribution in [0.25, 0.3) is 0 Å². The molecule has 0 aromatic heterocycles. The van der Waals surface area contributed by atoms with E-state index in [0.717, 1.165) is 0 Å². The summed E-state index contributed by atoms with van der Waals surface area (Å²) in [7, 11) is 0. The Kier molecular flexibility index (Phi) is 5.11. The van der Waals surface area contributed by atoms with Crippen molar-refractivity contribution in [2.45, 2.75) is 52.4 Å². The minimum absolute atomic E-state index is 0.383. The standard InChI is InChI=1S/C15H22FNO3/c1-9-6-7-11(8-12(9)16)13(18)10(2)17-14(19)20-15(3,4)5/h6-8,10,13,18H,1-5H3,(H,17,19). The molecule has 0 spiro atoms. The van der Waals surface area contributed by atoms with E-state index in [9.17, 15) is 14.3 Å². The minimum Gasteiger partial charge on any atom is -0.444 e. The molecule has 0 saturated carbocycles. The first-order chi connectivity index (χ1) is 9.10. The van der Waals surface area contributed by atoms with Crippen molar-refractivity contribution in [2.75, 3.05) is 0 Å². The molecule has 0 saturated heterocycles. The Bertz CT molecular complexity index is 482. The Morgan fingerprint density at radius 3 is 2.50 bits per heavy atom. The van der Waals surface area contributed by atoms with Crippen LogP contribution in [0.3, 0.4) is 0 Å². The number of aliphatic hydroxyl groups is 1. The van der Waals surface area contributed by atoms with Crippen molar-refractivity contribution >= 4 is 6.09 Å². The smallest absolute Gasteiger partial charge is 0.407 e. The number of halogens is 1. The number of aryl methyl sites for hydroxylation is 1. The largest absolute Gasteiger partial charge is 0.444 e. The van der Waals surface area contributed by atoms with Crippen LogP contribution >= 0.6 is 0 Å². The molecule has 4 nitrogen and oxygen atoms in total. The van der Waals surface area contributed by atoms with E-state index in [1.165, 1.54) is 6.07 Å². The molecule has 0 aliphatic rings. The van der Waals surface area contributed by atoms with Gasteiger partial charge < -0.3 is 15.2 Å². The van der Waals surface area contributed by atoms with Crippen LogP contribution in [0.2, 0.25) is 0 Å². The van der Waals surface area contributed by atoms with Crippen LogP contribution in [0.1, 0.15) is 44.9 Å². The third kappa shape index (κ3) is 4.81. The van der Waals surface area contributed by atoms with Crippen molar-refractivity contribution in [3.8, 4) is 0 Å². The number of rotatable bonds is 3. The van der Waals surface area contributed by atoms with Crippen molar-refractivity contribution in [1.82, 2.24) is 5.32 Å². The van der Waals surface area contributed by atoms with E-state index < -0.39 is 23.8 Å². The molecule has 0 fully saturated rings. The van der Waals surface area contributed by atoms with Gasteiger partial charge in [-0.3, -0.25) is 0 Å². The monoisotopic (exact) mass is 283 g/mol. The fourth-order valence-corrected chi connectivity index (χ4v) is 1.65. The second-order valence-corrected chi connectivity index (χ2v) is 5.89. The summed E-state index contributed by atoms with van der Waals surface area (Å²) in [6, 6.07) is 3.91. The second-order valence-electron chi connectivity index (χ2n) is 5.89. The van der Waals surface area contributed by atoms with Gasteiger partial charge in [0.2, 0.25) is 0 Å². The number of carbonyl (C=O) groups excluding carboxylic acids is 1. The molecular weight excluding hydrogens is 261 g/mol. The SMILES string of the molecule is Cc1ccc(C(O)C(C)NC(=O)OC(C)(C)C)cc1F. The van der Waals surface area contributed by atoms with Gasteiger partial charge in [-0.05, 0) is 51.8 Å². The van der Waals surface area contributed by atoms with Crippen molar-refractivity contribution in [3.63, 3.8) is 0 Å². The fraction of sp³-hybridized carbons (Fsp3) is 0.533. The van der Waals surface area contributed by atoms with Crippen LogP contribution in [0.5, 0.6) is 0 Å². The molecule has 2 atom stereocenters. The van der Waals surface area contributed by atoms with Gasteiger partial charge >= 0.3 is 6.09 Å². The van der Waals surface area contributed by atoms with Crippen LogP contribution in [-0.2, 0) is 4.74 Å². The summed E-state index contributed by atoms with van der Waals surface area (Å²) in [4.78, 5) is 11.6. The maximum Gasteiger partial charge on any atom is 0.407 e. The van der Waals surface area contributed by atoms with E-state index in [4.69, 9.17) is 4.74 Å². The van der Waals surface area contributed by atoms with Crippen LogP contribution in [0, 0.1) is 12.7 Å². The van der Waals surface area contributed by atoms with E-state index >= 15 is 0 Å². The third-order valence-corrected chi connectivity index (χ3v) is 2.76. The van der Waals surface area contributed by atoms with E-state index in [1.54, 1.807) is 46.8 Å². The van der Waals surface area contributed by atoms with Gasteiger partial charge in [0, 0.05) is 0 Å². The summed E-state index contributed by atoms with van der Waals surface area (Å²) < 4.78 is 18.6. The van der Waals surface area contributed by atoms with Gasteiger partial charge in [-0.1, -0.05) is 12.1 Å². The number of nitrogens with one attached hydrogen (secondary N) is 1. The summed E-state index contributed by atoms with van der Waals surface area (Å²) in [6.45, 7) is 8.54. The second kappa shape index (κ2) is 6.22. The first-order valence-electron chi connectivity index (χ1n) is 6.54. The van der Waals surface area contributed by atoms with Crippen LogP contribution in [0.4, 0.5) is 9.18 Å². The molecule has 0 radical (unpaired) electrons. The van der Waals surface area contributed by atoms with Crippen LogP contribution in [0.15, 0.2) is 18.2 Å². The zero-order valence-corrected chi connectivity index (χ0v) is 12.5. The van der Waals surface area contributed by atoms with Gasteiger partial charge in [0.1, 0.15) is 11.4 Å². The van der Waals surface area contributed by atoms with Crippen molar-refractivity contribution in [1.29, 1.82) is 0 Å². The van der Waals surface area contributed by atoms with E-state index in [2.05, 4.69) is 5.32 Å². The van der Waals surface area contributed by atoms with Gasteiger partial charge in [-0.25, -0.2) is 9.18 Å². The zero-order chi connectivity index (χ0) is 15.5. The van der Waals surface area contributed by atoms with Crippen LogP contribution < -0.4 is 5.32 Å². The highest BCUT2D eigenvalue weighted by atomic mass is 19.1. The third-order valence-electron chi connectivity index (χ3n) is 2.76. The lowest BCUT2D eigenvalue weighted by Gasteiger charge is -2.24.